The summed E-state index contributed by atoms with van der Waals surface area (Å²) >= 11 is 0. The van der Waals surface area contributed by atoms with Crippen LogP contribution in [0.1, 0.15) is 35.7 Å². The Labute approximate surface area is 103 Å². The fourth-order valence-corrected chi connectivity index (χ4v) is 2.18. The number of carbonyl (C=O) groups excluding carboxylic acids is 1. The molecule has 0 unspecified atom stereocenters. The molecule has 1 aromatic carbocycles. The molecule has 3 heteroatoms. The van der Waals surface area contributed by atoms with Gasteiger partial charge in [0.15, 0.2) is 0 Å². The normalized spacial score (nSPS) is 17.2. The van der Waals surface area contributed by atoms with Gasteiger partial charge in [-0.1, -0.05) is 19.1 Å². The van der Waals surface area contributed by atoms with Gasteiger partial charge in [-0.05, 0) is 36.5 Å². The first-order chi connectivity index (χ1) is 8.20. The largest absolute Gasteiger partial charge is 0.339 e. The summed E-state index contributed by atoms with van der Waals surface area (Å²) in [7, 11) is 0. The third-order valence-corrected chi connectivity index (χ3v) is 3.51. The summed E-state index contributed by atoms with van der Waals surface area (Å²) in [6, 6.07) is 7.62. The monoisotopic (exact) mass is 232 g/mol. The third kappa shape index (κ3) is 2.86. The number of amides is 1. The minimum atomic E-state index is 0.153. The number of piperidine rings is 1. The zero-order valence-electron chi connectivity index (χ0n) is 10.4. The Balaban J connectivity index is 2.03. The molecule has 3 nitrogen and oxygen atoms in total. The van der Waals surface area contributed by atoms with Gasteiger partial charge >= 0.3 is 0 Å². The summed E-state index contributed by atoms with van der Waals surface area (Å²) < 4.78 is 0. The number of nitrogens with zero attached hydrogens (tertiary/aromatic N) is 1. The molecule has 1 heterocycles. The van der Waals surface area contributed by atoms with E-state index < -0.39 is 0 Å². The second kappa shape index (κ2) is 5.32. The van der Waals surface area contributed by atoms with Crippen molar-refractivity contribution in [2.24, 2.45) is 11.7 Å². The van der Waals surface area contributed by atoms with Crippen LogP contribution in [-0.2, 0) is 6.54 Å². The first-order valence-electron chi connectivity index (χ1n) is 6.29. The first kappa shape index (κ1) is 12.1. The highest BCUT2D eigenvalue weighted by atomic mass is 16.2. The molecule has 1 aromatic rings. The molecule has 1 amide bonds. The molecule has 0 radical (unpaired) electrons. The molecular formula is C14H20N2O. The van der Waals surface area contributed by atoms with Gasteiger partial charge in [0, 0.05) is 25.2 Å². The van der Waals surface area contributed by atoms with E-state index in [2.05, 4.69) is 6.92 Å². The summed E-state index contributed by atoms with van der Waals surface area (Å²) in [4.78, 5) is 14.2. The average Bonchev–Trinajstić information content (AvgIpc) is 2.39. The first-order valence-corrected chi connectivity index (χ1v) is 6.29. The van der Waals surface area contributed by atoms with E-state index in [1.165, 1.54) is 0 Å². The molecule has 92 valence electrons. The smallest absolute Gasteiger partial charge is 0.253 e. The summed E-state index contributed by atoms with van der Waals surface area (Å²) in [6.45, 7) is 4.55. The van der Waals surface area contributed by atoms with Crippen LogP contribution in [0.5, 0.6) is 0 Å². The molecule has 0 aromatic heterocycles. The summed E-state index contributed by atoms with van der Waals surface area (Å²) in [5.74, 6) is 0.902. The predicted octanol–water partition coefficient (Wildman–Crippen LogP) is 2.02. The van der Waals surface area contributed by atoms with Crippen molar-refractivity contribution in [3.63, 3.8) is 0 Å². The number of benzene rings is 1. The molecule has 17 heavy (non-hydrogen) atoms. The van der Waals surface area contributed by atoms with E-state index in [0.717, 1.165) is 43.0 Å². The van der Waals surface area contributed by atoms with E-state index >= 15 is 0 Å². The molecule has 1 aliphatic rings. The maximum Gasteiger partial charge on any atom is 0.253 e. The maximum absolute atomic E-state index is 12.2. The fraction of sp³-hybridized carbons (Fsp3) is 0.500. The lowest BCUT2D eigenvalue weighted by atomic mass is 9.98. The third-order valence-electron chi connectivity index (χ3n) is 3.51. The Morgan fingerprint density at radius 1 is 1.29 bits per heavy atom. The van der Waals surface area contributed by atoms with Gasteiger partial charge < -0.3 is 10.6 Å². The lowest BCUT2D eigenvalue weighted by Gasteiger charge is -2.30. The van der Waals surface area contributed by atoms with Gasteiger partial charge in [0.1, 0.15) is 0 Å². The Hall–Kier alpha value is -1.35. The quantitative estimate of drug-likeness (QED) is 0.848. The molecule has 1 saturated heterocycles. The minimum absolute atomic E-state index is 0.153. The summed E-state index contributed by atoms with van der Waals surface area (Å²) in [5, 5.41) is 0. The number of hydrogen-bond donors (Lipinski definition) is 1. The standard InChI is InChI=1S/C14H20N2O/c1-11-6-8-16(9-7-11)14(17)13-4-2-12(10-15)3-5-13/h2-5,11H,6-10,15H2,1H3. The second-order valence-corrected chi connectivity index (χ2v) is 4.88. The van der Waals surface area contributed by atoms with Gasteiger partial charge in [0.25, 0.3) is 5.91 Å². The van der Waals surface area contributed by atoms with E-state index in [1.54, 1.807) is 0 Å². The van der Waals surface area contributed by atoms with Crippen molar-refractivity contribution in [2.75, 3.05) is 13.1 Å². The number of rotatable bonds is 2. The average molecular weight is 232 g/mol. The molecule has 1 fully saturated rings. The molecule has 0 atom stereocenters. The minimum Gasteiger partial charge on any atom is -0.339 e. The van der Waals surface area contributed by atoms with Crippen molar-refractivity contribution in [3.05, 3.63) is 35.4 Å². The van der Waals surface area contributed by atoms with E-state index in [1.807, 2.05) is 29.2 Å². The number of carbonyl (C=O) groups is 1. The van der Waals surface area contributed by atoms with Gasteiger partial charge in [-0.25, -0.2) is 0 Å². The zero-order valence-corrected chi connectivity index (χ0v) is 10.4. The molecule has 0 spiro atoms. The highest BCUT2D eigenvalue weighted by molar-refractivity contribution is 5.94. The van der Waals surface area contributed by atoms with E-state index in [9.17, 15) is 4.79 Å². The van der Waals surface area contributed by atoms with Crippen LogP contribution in [0.3, 0.4) is 0 Å². The van der Waals surface area contributed by atoms with Crippen LogP contribution in [0.4, 0.5) is 0 Å². The van der Waals surface area contributed by atoms with E-state index in [0.29, 0.717) is 6.54 Å². The summed E-state index contributed by atoms with van der Waals surface area (Å²) in [6.07, 6.45) is 2.24. The van der Waals surface area contributed by atoms with Gasteiger partial charge in [-0.15, -0.1) is 0 Å². The molecule has 1 aliphatic heterocycles. The van der Waals surface area contributed by atoms with Gasteiger partial charge in [-0.2, -0.15) is 0 Å². The molecule has 0 aliphatic carbocycles. The SMILES string of the molecule is CC1CCN(C(=O)c2ccc(CN)cc2)CC1. The van der Waals surface area contributed by atoms with Crippen LogP contribution in [0.25, 0.3) is 0 Å². The Morgan fingerprint density at radius 3 is 2.41 bits per heavy atom. The Bertz CT molecular complexity index is 378. The van der Waals surface area contributed by atoms with Crippen LogP contribution in [0.15, 0.2) is 24.3 Å². The van der Waals surface area contributed by atoms with Crippen LogP contribution in [-0.4, -0.2) is 23.9 Å². The van der Waals surface area contributed by atoms with Crippen LogP contribution >= 0.6 is 0 Å². The highest BCUT2D eigenvalue weighted by Crippen LogP contribution is 2.18. The van der Waals surface area contributed by atoms with Crippen molar-refractivity contribution in [1.29, 1.82) is 0 Å². The number of nitrogens with two attached hydrogens (primary N) is 1. The van der Waals surface area contributed by atoms with Crippen molar-refractivity contribution in [1.82, 2.24) is 4.90 Å². The molecule has 2 N–H and O–H groups in total. The van der Waals surface area contributed by atoms with Gasteiger partial charge in [0.2, 0.25) is 0 Å². The zero-order chi connectivity index (χ0) is 12.3. The highest BCUT2D eigenvalue weighted by Gasteiger charge is 2.21. The van der Waals surface area contributed by atoms with Crippen LogP contribution in [0.2, 0.25) is 0 Å². The Morgan fingerprint density at radius 2 is 1.88 bits per heavy atom. The topological polar surface area (TPSA) is 46.3 Å². The Kier molecular flexibility index (Phi) is 3.79. The molecule has 0 saturated carbocycles. The van der Waals surface area contributed by atoms with Crippen molar-refractivity contribution in [3.8, 4) is 0 Å². The number of hydrogen-bond acceptors (Lipinski definition) is 2. The second-order valence-electron chi connectivity index (χ2n) is 4.88. The lowest BCUT2D eigenvalue weighted by Crippen LogP contribution is -2.37. The lowest BCUT2D eigenvalue weighted by molar-refractivity contribution is 0.0697. The molecular weight excluding hydrogens is 212 g/mol. The summed E-state index contributed by atoms with van der Waals surface area (Å²) in [5.41, 5.74) is 7.38. The number of likely N-dealkylation sites (tertiary alicyclic amines) is 1. The van der Waals surface area contributed by atoms with Crippen molar-refractivity contribution in [2.45, 2.75) is 26.3 Å². The van der Waals surface area contributed by atoms with E-state index in [4.69, 9.17) is 5.73 Å². The van der Waals surface area contributed by atoms with Crippen molar-refractivity contribution >= 4 is 5.91 Å². The van der Waals surface area contributed by atoms with Crippen LogP contribution < -0.4 is 5.73 Å². The maximum atomic E-state index is 12.2. The van der Waals surface area contributed by atoms with Crippen molar-refractivity contribution < 1.29 is 4.79 Å². The van der Waals surface area contributed by atoms with Crippen LogP contribution in [0, 0.1) is 5.92 Å². The van der Waals surface area contributed by atoms with Gasteiger partial charge in [-0.3, -0.25) is 4.79 Å². The molecule has 2 rings (SSSR count). The predicted molar refractivity (Wildman–Crippen MR) is 68.6 cm³/mol. The fourth-order valence-electron chi connectivity index (χ4n) is 2.18. The van der Waals surface area contributed by atoms with E-state index in [-0.39, 0.29) is 5.91 Å². The molecule has 0 bridgehead atoms. The van der Waals surface area contributed by atoms with Gasteiger partial charge in [0.05, 0.1) is 0 Å².